The van der Waals surface area contributed by atoms with Gasteiger partial charge < -0.3 is 4.74 Å². The van der Waals surface area contributed by atoms with Gasteiger partial charge in [0.25, 0.3) is 0 Å². The van der Waals surface area contributed by atoms with E-state index in [1.165, 1.54) is 6.42 Å². The Labute approximate surface area is 66.9 Å². The average molecular weight is 154 g/mol. The molecule has 62 valence electrons. The van der Waals surface area contributed by atoms with Crippen LogP contribution < -0.4 is 0 Å². The van der Waals surface area contributed by atoms with Crippen LogP contribution in [0.25, 0.3) is 0 Å². The van der Waals surface area contributed by atoms with Crippen LogP contribution in [-0.4, -0.2) is 19.0 Å². The molecule has 2 bridgehead atoms. The van der Waals surface area contributed by atoms with Gasteiger partial charge in [0.05, 0.1) is 6.10 Å². The average Bonchev–Trinajstić information content (AvgIpc) is 2.04. The highest BCUT2D eigenvalue weighted by atomic mass is 16.5. The lowest BCUT2D eigenvalue weighted by Crippen LogP contribution is -2.42. The molecule has 0 unspecified atom stereocenters. The predicted molar refractivity (Wildman–Crippen MR) is 41.3 cm³/mol. The highest BCUT2D eigenvalue weighted by molar-refractivity contribution is 5.83. The van der Waals surface area contributed by atoms with Gasteiger partial charge in [0.2, 0.25) is 0 Å². The Morgan fingerprint density at radius 2 is 2.27 bits per heavy atom. The first-order chi connectivity index (χ1) is 5.31. The van der Waals surface area contributed by atoms with Crippen molar-refractivity contribution in [2.24, 2.45) is 11.8 Å². The van der Waals surface area contributed by atoms with Crippen molar-refractivity contribution in [3.8, 4) is 0 Å². The molecule has 3 aliphatic carbocycles. The van der Waals surface area contributed by atoms with E-state index in [0.29, 0.717) is 11.7 Å². The summed E-state index contributed by atoms with van der Waals surface area (Å²) in [5.74, 6) is 1.32. The SMILES string of the molecule is CO[C@H]1C[C@@H]2CC[C@H]1C(=O)C2. The molecule has 2 nitrogen and oxygen atoms in total. The van der Waals surface area contributed by atoms with Crippen molar-refractivity contribution in [3.63, 3.8) is 0 Å². The molecule has 0 aromatic heterocycles. The largest absolute Gasteiger partial charge is 0.381 e. The number of methoxy groups -OCH3 is 1. The summed E-state index contributed by atoms with van der Waals surface area (Å²) in [6.07, 6.45) is 4.50. The number of carbonyl (C=O) groups excluding carboxylic acids is 1. The van der Waals surface area contributed by atoms with Crippen LogP contribution in [0.4, 0.5) is 0 Å². The Morgan fingerprint density at radius 3 is 2.73 bits per heavy atom. The zero-order valence-corrected chi connectivity index (χ0v) is 6.88. The molecule has 0 radical (unpaired) electrons. The van der Waals surface area contributed by atoms with Crippen LogP contribution in [-0.2, 0) is 9.53 Å². The minimum Gasteiger partial charge on any atom is -0.381 e. The van der Waals surface area contributed by atoms with E-state index < -0.39 is 0 Å². The second-order valence-electron chi connectivity index (χ2n) is 3.73. The van der Waals surface area contributed by atoms with Gasteiger partial charge in [-0.25, -0.2) is 0 Å². The minimum absolute atomic E-state index is 0.241. The van der Waals surface area contributed by atoms with E-state index in [2.05, 4.69) is 0 Å². The smallest absolute Gasteiger partial charge is 0.138 e. The van der Waals surface area contributed by atoms with E-state index in [-0.39, 0.29) is 12.0 Å². The molecule has 0 aromatic rings. The third-order valence-corrected chi connectivity index (χ3v) is 3.11. The van der Waals surface area contributed by atoms with Crippen molar-refractivity contribution in [2.75, 3.05) is 7.11 Å². The second kappa shape index (κ2) is 2.59. The summed E-state index contributed by atoms with van der Waals surface area (Å²) < 4.78 is 5.27. The fraction of sp³-hybridized carbons (Fsp3) is 0.889. The fourth-order valence-electron chi connectivity index (χ4n) is 2.46. The molecule has 0 spiro atoms. The van der Waals surface area contributed by atoms with Crippen LogP contribution in [0, 0.1) is 11.8 Å². The van der Waals surface area contributed by atoms with Gasteiger partial charge in [-0.2, -0.15) is 0 Å². The summed E-state index contributed by atoms with van der Waals surface area (Å²) in [4.78, 5) is 11.3. The highest BCUT2D eigenvalue weighted by Crippen LogP contribution is 2.40. The van der Waals surface area contributed by atoms with Crippen LogP contribution in [0.2, 0.25) is 0 Å². The number of Topliss-reactive ketones (excluding diaryl/α,β-unsaturated/α-hetero) is 1. The summed E-state index contributed by atoms with van der Waals surface area (Å²) in [7, 11) is 1.72. The summed E-state index contributed by atoms with van der Waals surface area (Å²) in [6, 6.07) is 0. The van der Waals surface area contributed by atoms with E-state index in [9.17, 15) is 4.79 Å². The van der Waals surface area contributed by atoms with Crippen LogP contribution in [0.3, 0.4) is 0 Å². The van der Waals surface area contributed by atoms with Gasteiger partial charge in [-0.05, 0) is 25.2 Å². The first-order valence-corrected chi connectivity index (χ1v) is 4.36. The van der Waals surface area contributed by atoms with E-state index in [4.69, 9.17) is 4.74 Å². The van der Waals surface area contributed by atoms with Crippen molar-refractivity contribution < 1.29 is 9.53 Å². The van der Waals surface area contributed by atoms with Crippen LogP contribution >= 0.6 is 0 Å². The topological polar surface area (TPSA) is 26.3 Å². The lowest BCUT2D eigenvalue weighted by molar-refractivity contribution is -0.138. The van der Waals surface area contributed by atoms with Gasteiger partial charge in [-0.3, -0.25) is 4.79 Å². The van der Waals surface area contributed by atoms with E-state index in [1.807, 2.05) is 0 Å². The monoisotopic (exact) mass is 154 g/mol. The standard InChI is InChI=1S/C9H14O2/c1-11-9-5-6-2-3-7(9)8(10)4-6/h6-7,9H,2-5H2,1H3/t6-,7+,9+/m1/s1. The van der Waals surface area contributed by atoms with E-state index in [1.54, 1.807) is 7.11 Å². The van der Waals surface area contributed by atoms with Crippen LogP contribution in [0.1, 0.15) is 25.7 Å². The number of fused-ring (bicyclic) bond motifs is 3. The van der Waals surface area contributed by atoms with Crippen molar-refractivity contribution in [3.05, 3.63) is 0 Å². The van der Waals surface area contributed by atoms with Gasteiger partial charge in [0.15, 0.2) is 0 Å². The number of ether oxygens (including phenoxy) is 1. The number of rotatable bonds is 1. The summed E-state index contributed by atoms with van der Waals surface area (Å²) >= 11 is 0. The van der Waals surface area contributed by atoms with Crippen molar-refractivity contribution in [1.82, 2.24) is 0 Å². The molecule has 0 heterocycles. The molecule has 3 fully saturated rings. The Bertz CT molecular complexity index is 176. The molecular formula is C9H14O2. The minimum atomic E-state index is 0.241. The van der Waals surface area contributed by atoms with Crippen LogP contribution in [0.5, 0.6) is 0 Å². The van der Waals surface area contributed by atoms with E-state index in [0.717, 1.165) is 19.3 Å². The number of carbonyl (C=O) groups is 1. The molecule has 0 N–H and O–H groups in total. The number of hydrogen-bond donors (Lipinski definition) is 0. The summed E-state index contributed by atoms with van der Waals surface area (Å²) in [5, 5.41) is 0. The van der Waals surface area contributed by atoms with Crippen LogP contribution in [0.15, 0.2) is 0 Å². The maximum atomic E-state index is 11.3. The Kier molecular flexibility index (Phi) is 1.72. The highest BCUT2D eigenvalue weighted by Gasteiger charge is 2.41. The molecule has 3 atom stereocenters. The molecule has 0 aliphatic heterocycles. The molecule has 0 amide bonds. The molecule has 0 saturated heterocycles. The molecule has 0 aromatic carbocycles. The molecule has 11 heavy (non-hydrogen) atoms. The predicted octanol–water partition coefficient (Wildman–Crippen LogP) is 1.39. The fourth-order valence-corrected chi connectivity index (χ4v) is 2.46. The molecular weight excluding hydrogens is 140 g/mol. The van der Waals surface area contributed by atoms with Gasteiger partial charge in [0, 0.05) is 19.4 Å². The van der Waals surface area contributed by atoms with Crippen molar-refractivity contribution in [2.45, 2.75) is 31.8 Å². The normalized spacial score (nSPS) is 43.0. The maximum Gasteiger partial charge on any atom is 0.138 e. The summed E-state index contributed by atoms with van der Waals surface area (Å²) in [5.41, 5.74) is 0. The summed E-state index contributed by atoms with van der Waals surface area (Å²) in [6.45, 7) is 0. The second-order valence-corrected chi connectivity index (χ2v) is 3.73. The Hall–Kier alpha value is -0.370. The maximum absolute atomic E-state index is 11.3. The third kappa shape index (κ3) is 1.09. The van der Waals surface area contributed by atoms with Gasteiger partial charge in [0.1, 0.15) is 5.78 Å². The first kappa shape index (κ1) is 7.29. The molecule has 2 heteroatoms. The van der Waals surface area contributed by atoms with Gasteiger partial charge >= 0.3 is 0 Å². The number of hydrogen-bond acceptors (Lipinski definition) is 2. The lowest BCUT2D eigenvalue weighted by atomic mass is 9.68. The van der Waals surface area contributed by atoms with Crippen molar-refractivity contribution >= 4 is 5.78 Å². The molecule has 3 saturated carbocycles. The lowest BCUT2D eigenvalue weighted by Gasteiger charge is -2.40. The zero-order chi connectivity index (χ0) is 7.84. The Morgan fingerprint density at radius 1 is 1.45 bits per heavy atom. The molecule has 3 rings (SSSR count). The van der Waals surface area contributed by atoms with E-state index >= 15 is 0 Å². The van der Waals surface area contributed by atoms with Crippen molar-refractivity contribution in [1.29, 1.82) is 0 Å². The third-order valence-electron chi connectivity index (χ3n) is 3.11. The quantitative estimate of drug-likeness (QED) is 0.570. The van der Waals surface area contributed by atoms with Gasteiger partial charge in [-0.15, -0.1) is 0 Å². The number of ketones is 1. The first-order valence-electron chi connectivity index (χ1n) is 4.36. The molecule has 3 aliphatic rings. The van der Waals surface area contributed by atoms with Gasteiger partial charge in [-0.1, -0.05) is 0 Å². The Balaban J connectivity index is 2.13. The zero-order valence-electron chi connectivity index (χ0n) is 6.88.